The Bertz CT molecular complexity index is 304. The van der Waals surface area contributed by atoms with Crippen molar-refractivity contribution < 1.29 is 0 Å². The van der Waals surface area contributed by atoms with E-state index in [0.29, 0.717) is 16.9 Å². The summed E-state index contributed by atoms with van der Waals surface area (Å²) in [5.74, 6) is 0. The minimum Gasteiger partial charge on any atom is -0.312 e. The van der Waals surface area contributed by atoms with E-state index in [9.17, 15) is 0 Å². The zero-order valence-corrected chi connectivity index (χ0v) is 11.4. The zero-order chi connectivity index (χ0) is 12.0. The molecule has 0 radical (unpaired) electrons. The van der Waals surface area contributed by atoms with Gasteiger partial charge in [0.1, 0.15) is 0 Å². The van der Waals surface area contributed by atoms with E-state index >= 15 is 0 Å². The Labute approximate surface area is 100 Å². The van der Waals surface area contributed by atoms with Gasteiger partial charge in [-0.25, -0.2) is 0 Å². The van der Waals surface area contributed by atoms with E-state index in [0.717, 1.165) is 13.1 Å². The van der Waals surface area contributed by atoms with Crippen LogP contribution in [0.3, 0.4) is 0 Å². The molecule has 0 amide bonds. The molecule has 1 heterocycles. The fourth-order valence-corrected chi connectivity index (χ4v) is 4.03. The molecular weight excluding hydrogens is 196 g/mol. The van der Waals surface area contributed by atoms with Gasteiger partial charge in [-0.1, -0.05) is 32.4 Å². The van der Waals surface area contributed by atoms with Crippen LogP contribution in [0.1, 0.15) is 33.6 Å². The number of rotatable bonds is 1. The second-order valence-electron chi connectivity index (χ2n) is 6.55. The van der Waals surface area contributed by atoms with Crippen molar-refractivity contribution in [2.24, 2.45) is 10.8 Å². The lowest BCUT2D eigenvalue weighted by Gasteiger charge is -2.54. The van der Waals surface area contributed by atoms with Crippen molar-refractivity contribution in [3.63, 3.8) is 0 Å². The summed E-state index contributed by atoms with van der Waals surface area (Å²) in [7, 11) is 4.44. The molecule has 16 heavy (non-hydrogen) atoms. The summed E-state index contributed by atoms with van der Waals surface area (Å²) in [5.41, 5.74) is 2.40. The fourth-order valence-electron chi connectivity index (χ4n) is 4.03. The van der Waals surface area contributed by atoms with Gasteiger partial charge in [0.2, 0.25) is 0 Å². The van der Waals surface area contributed by atoms with E-state index in [1.54, 1.807) is 5.57 Å². The molecule has 0 aromatic carbocycles. The first-order valence-corrected chi connectivity index (χ1v) is 6.46. The van der Waals surface area contributed by atoms with E-state index in [1.807, 2.05) is 0 Å². The molecule has 0 aromatic rings. The van der Waals surface area contributed by atoms with Crippen molar-refractivity contribution in [3.8, 4) is 0 Å². The Balaban J connectivity index is 2.36. The van der Waals surface area contributed by atoms with Crippen molar-refractivity contribution >= 4 is 0 Å². The highest BCUT2D eigenvalue weighted by molar-refractivity contribution is 5.29. The van der Waals surface area contributed by atoms with Crippen molar-refractivity contribution in [1.82, 2.24) is 10.2 Å². The molecule has 1 aliphatic heterocycles. The van der Waals surface area contributed by atoms with Gasteiger partial charge in [0, 0.05) is 30.0 Å². The van der Waals surface area contributed by atoms with Gasteiger partial charge in [-0.05, 0) is 26.9 Å². The van der Waals surface area contributed by atoms with Crippen molar-refractivity contribution in [1.29, 1.82) is 0 Å². The van der Waals surface area contributed by atoms with Gasteiger partial charge >= 0.3 is 0 Å². The quantitative estimate of drug-likeness (QED) is 0.685. The molecule has 2 atom stereocenters. The van der Waals surface area contributed by atoms with Crippen LogP contribution in [-0.4, -0.2) is 38.1 Å². The lowest BCUT2D eigenvalue weighted by atomic mass is 9.57. The first-order valence-electron chi connectivity index (χ1n) is 6.46. The molecule has 0 saturated heterocycles. The van der Waals surface area contributed by atoms with E-state index < -0.39 is 0 Å². The Morgan fingerprint density at radius 2 is 2.00 bits per heavy atom. The van der Waals surface area contributed by atoms with Gasteiger partial charge < -0.3 is 10.2 Å². The Morgan fingerprint density at radius 1 is 1.31 bits per heavy atom. The van der Waals surface area contributed by atoms with Crippen LogP contribution in [0.25, 0.3) is 0 Å². The highest BCUT2D eigenvalue weighted by Gasteiger charge is 2.48. The van der Waals surface area contributed by atoms with E-state index in [1.165, 1.54) is 12.8 Å². The van der Waals surface area contributed by atoms with Gasteiger partial charge in [-0.2, -0.15) is 0 Å². The molecule has 0 unspecified atom stereocenters. The maximum absolute atomic E-state index is 3.52. The number of nitrogens with zero attached hydrogens (tertiary/aromatic N) is 1. The second kappa shape index (κ2) is 3.85. The van der Waals surface area contributed by atoms with Gasteiger partial charge in [-0.15, -0.1) is 0 Å². The predicted octanol–water partition coefficient (Wildman–Crippen LogP) is 2.27. The van der Waals surface area contributed by atoms with Crippen LogP contribution in [-0.2, 0) is 0 Å². The first-order chi connectivity index (χ1) is 7.38. The smallest absolute Gasteiger partial charge is 0.0178 e. The van der Waals surface area contributed by atoms with Crippen LogP contribution in [0.5, 0.6) is 0 Å². The predicted molar refractivity (Wildman–Crippen MR) is 69.5 cm³/mol. The maximum Gasteiger partial charge on any atom is 0.0178 e. The molecule has 2 nitrogen and oxygen atoms in total. The molecule has 2 rings (SSSR count). The topological polar surface area (TPSA) is 15.3 Å². The molecule has 1 aliphatic carbocycles. The molecule has 2 aliphatic rings. The molecule has 1 N–H and O–H groups in total. The summed E-state index contributed by atoms with van der Waals surface area (Å²) < 4.78 is 0. The lowest BCUT2D eigenvalue weighted by Crippen LogP contribution is -2.54. The number of nitrogens with one attached hydrogen (secondary N) is 1. The van der Waals surface area contributed by atoms with Gasteiger partial charge in [0.05, 0.1) is 0 Å². The zero-order valence-electron chi connectivity index (χ0n) is 11.4. The van der Waals surface area contributed by atoms with Gasteiger partial charge in [0.25, 0.3) is 0 Å². The van der Waals surface area contributed by atoms with Crippen molar-refractivity contribution in [2.75, 3.05) is 27.2 Å². The molecule has 1 fully saturated rings. The van der Waals surface area contributed by atoms with Crippen LogP contribution in [0.15, 0.2) is 11.6 Å². The lowest BCUT2D eigenvalue weighted by molar-refractivity contribution is 0.0751. The first kappa shape index (κ1) is 12.1. The minimum absolute atomic E-state index is 0.318. The largest absolute Gasteiger partial charge is 0.312 e. The van der Waals surface area contributed by atoms with Crippen LogP contribution < -0.4 is 5.32 Å². The van der Waals surface area contributed by atoms with Crippen molar-refractivity contribution in [2.45, 2.75) is 39.7 Å². The molecule has 0 spiro atoms. The monoisotopic (exact) mass is 222 g/mol. The third-order valence-electron chi connectivity index (χ3n) is 4.74. The fraction of sp³-hybridized carbons (Fsp3) is 0.857. The molecule has 1 saturated carbocycles. The van der Waals surface area contributed by atoms with Crippen LogP contribution in [0.4, 0.5) is 0 Å². The third kappa shape index (κ3) is 1.72. The summed E-state index contributed by atoms with van der Waals surface area (Å²) in [6, 6.07) is 0.685. The Morgan fingerprint density at radius 3 is 2.62 bits per heavy atom. The number of fused-ring (bicyclic) bond motifs is 1. The minimum atomic E-state index is 0.318. The molecule has 0 bridgehead atoms. The van der Waals surface area contributed by atoms with Crippen LogP contribution in [0.2, 0.25) is 0 Å². The average molecular weight is 222 g/mol. The van der Waals surface area contributed by atoms with Crippen LogP contribution in [0, 0.1) is 10.8 Å². The third-order valence-corrected chi connectivity index (χ3v) is 4.74. The Kier molecular flexibility index (Phi) is 2.92. The van der Waals surface area contributed by atoms with Gasteiger partial charge in [0.15, 0.2) is 0 Å². The maximum atomic E-state index is 3.52. The normalized spacial score (nSPS) is 38.1. The number of hydrogen-bond donors (Lipinski definition) is 1. The summed E-state index contributed by atoms with van der Waals surface area (Å²) in [5, 5.41) is 3.52. The summed E-state index contributed by atoms with van der Waals surface area (Å²) in [6.07, 6.45) is 5.08. The van der Waals surface area contributed by atoms with E-state index in [4.69, 9.17) is 0 Å². The number of hydrogen-bond acceptors (Lipinski definition) is 2. The van der Waals surface area contributed by atoms with Crippen LogP contribution >= 0.6 is 0 Å². The molecule has 2 heteroatoms. The molecule has 0 aromatic heterocycles. The van der Waals surface area contributed by atoms with E-state index in [-0.39, 0.29) is 0 Å². The van der Waals surface area contributed by atoms with Gasteiger partial charge in [-0.3, -0.25) is 0 Å². The highest BCUT2D eigenvalue weighted by atomic mass is 15.1. The summed E-state index contributed by atoms with van der Waals surface area (Å²) >= 11 is 0. The Hall–Kier alpha value is -0.340. The second-order valence-corrected chi connectivity index (χ2v) is 6.55. The average Bonchev–Trinajstić information content (AvgIpc) is 2.16. The van der Waals surface area contributed by atoms with Crippen molar-refractivity contribution in [3.05, 3.63) is 11.6 Å². The molecule has 92 valence electrons. The van der Waals surface area contributed by atoms with E-state index in [2.05, 4.69) is 51.2 Å². The highest BCUT2D eigenvalue weighted by Crippen LogP contribution is 2.52. The molecular formula is C14H26N2. The standard InChI is InChI=1S/C14H26N2/c1-13(2)11-7-9-15-10-14(11,3)8-6-12(13)16(4)5/h7,12,15H,6,8-10H2,1-5H3/t12-,14+/m0/s1. The summed E-state index contributed by atoms with van der Waals surface area (Å²) in [6.45, 7) is 9.48. The SMILES string of the molecule is CN(C)[C@H]1CC[C@]2(C)CNCC=C2C1(C)C. The summed E-state index contributed by atoms with van der Waals surface area (Å²) in [4.78, 5) is 2.41.